The maximum Gasteiger partial charge on any atom is 0.243 e. The number of hydrogen-bond donors (Lipinski definition) is 1. The summed E-state index contributed by atoms with van der Waals surface area (Å²) in [6.45, 7) is 3.83. The minimum Gasteiger partial charge on any atom is -0.497 e. The van der Waals surface area contributed by atoms with E-state index in [9.17, 15) is 18.0 Å². The molecule has 0 spiro atoms. The third-order valence-electron chi connectivity index (χ3n) is 4.86. The summed E-state index contributed by atoms with van der Waals surface area (Å²) in [5.41, 5.74) is 1.19. The van der Waals surface area contributed by atoms with Crippen molar-refractivity contribution in [3.8, 4) is 5.75 Å². The second kappa shape index (κ2) is 9.76. The van der Waals surface area contributed by atoms with E-state index >= 15 is 0 Å². The molecular formula is C22H25N3O5S. The highest BCUT2D eigenvalue weighted by Crippen LogP contribution is 2.24. The fourth-order valence-corrected chi connectivity index (χ4v) is 4.69. The van der Waals surface area contributed by atoms with Crippen LogP contribution in [0, 0.1) is 0 Å². The van der Waals surface area contributed by atoms with Crippen molar-refractivity contribution in [1.82, 2.24) is 4.31 Å². The van der Waals surface area contributed by atoms with Gasteiger partial charge in [-0.1, -0.05) is 12.1 Å². The molecule has 0 aliphatic carbocycles. The van der Waals surface area contributed by atoms with E-state index in [2.05, 4.69) is 11.9 Å². The summed E-state index contributed by atoms with van der Waals surface area (Å²) >= 11 is 0. The Hall–Kier alpha value is -3.17. The molecule has 0 aromatic heterocycles. The van der Waals surface area contributed by atoms with Crippen LogP contribution in [0.3, 0.4) is 0 Å². The molecule has 8 nitrogen and oxygen atoms in total. The summed E-state index contributed by atoms with van der Waals surface area (Å²) in [5, 5.41) is 2.71. The number of benzene rings is 2. The van der Waals surface area contributed by atoms with Crippen molar-refractivity contribution >= 4 is 33.2 Å². The number of nitrogens with zero attached hydrogens (tertiary/aromatic N) is 2. The lowest BCUT2D eigenvalue weighted by atomic mass is 10.2. The van der Waals surface area contributed by atoms with E-state index in [1.54, 1.807) is 41.3 Å². The fraction of sp³-hybridized carbons (Fsp3) is 0.273. The number of rotatable bonds is 9. The van der Waals surface area contributed by atoms with Crippen LogP contribution < -0.4 is 15.0 Å². The number of sulfonamides is 1. The highest BCUT2D eigenvalue weighted by atomic mass is 32.2. The zero-order valence-corrected chi connectivity index (χ0v) is 18.1. The van der Waals surface area contributed by atoms with Gasteiger partial charge in [-0.25, -0.2) is 8.42 Å². The van der Waals surface area contributed by atoms with E-state index < -0.39 is 15.9 Å². The van der Waals surface area contributed by atoms with Gasteiger partial charge in [-0.2, -0.15) is 4.31 Å². The average Bonchev–Trinajstić information content (AvgIpc) is 3.19. The molecule has 0 atom stereocenters. The van der Waals surface area contributed by atoms with Crippen molar-refractivity contribution in [3.05, 3.63) is 61.2 Å². The standard InChI is InChI=1S/C22H25N3O5S/c1-3-13-24(31(28,29)20-11-9-19(30-2)10-12-20)16-21(26)23-17-6-4-7-18(15-17)25-14-5-8-22(25)27/h3-4,6-7,9-12,15H,1,5,8,13-14,16H2,2H3,(H,23,26). The van der Waals surface area contributed by atoms with Gasteiger partial charge < -0.3 is 15.0 Å². The van der Waals surface area contributed by atoms with Gasteiger partial charge in [0, 0.05) is 30.9 Å². The largest absolute Gasteiger partial charge is 0.497 e. The minimum atomic E-state index is -3.91. The molecule has 3 rings (SSSR count). The minimum absolute atomic E-state index is 0.0237. The van der Waals surface area contributed by atoms with Crippen LogP contribution in [0.15, 0.2) is 66.1 Å². The Morgan fingerprint density at radius 3 is 2.61 bits per heavy atom. The van der Waals surface area contributed by atoms with Crippen molar-refractivity contribution in [1.29, 1.82) is 0 Å². The van der Waals surface area contributed by atoms with E-state index in [1.807, 2.05) is 0 Å². The molecule has 0 bridgehead atoms. The second-order valence-corrected chi connectivity index (χ2v) is 8.95. The Kier molecular flexibility index (Phi) is 7.09. The van der Waals surface area contributed by atoms with Crippen LogP contribution in [0.1, 0.15) is 12.8 Å². The van der Waals surface area contributed by atoms with Gasteiger partial charge in [0.1, 0.15) is 5.75 Å². The SMILES string of the molecule is C=CCN(CC(=O)Nc1cccc(N2CCCC2=O)c1)S(=O)(=O)c1ccc(OC)cc1. The fourth-order valence-electron chi connectivity index (χ4n) is 3.32. The van der Waals surface area contributed by atoms with Crippen LogP contribution in [0.2, 0.25) is 0 Å². The van der Waals surface area contributed by atoms with Gasteiger partial charge in [-0.05, 0) is 48.9 Å². The molecule has 31 heavy (non-hydrogen) atoms. The number of carbonyl (C=O) groups is 2. The summed E-state index contributed by atoms with van der Waals surface area (Å²) in [5.74, 6) is 0.0818. The van der Waals surface area contributed by atoms with Gasteiger partial charge >= 0.3 is 0 Å². The summed E-state index contributed by atoms with van der Waals surface area (Å²) in [6, 6.07) is 12.9. The molecule has 1 aliphatic heterocycles. The van der Waals surface area contributed by atoms with Crippen molar-refractivity contribution in [3.63, 3.8) is 0 Å². The molecule has 1 aliphatic rings. The summed E-state index contributed by atoms with van der Waals surface area (Å²) in [4.78, 5) is 26.3. The van der Waals surface area contributed by atoms with Crippen molar-refractivity contribution in [2.24, 2.45) is 0 Å². The van der Waals surface area contributed by atoms with Crippen LogP contribution in [0.4, 0.5) is 11.4 Å². The van der Waals surface area contributed by atoms with Crippen LogP contribution in [-0.4, -0.2) is 51.3 Å². The molecule has 1 N–H and O–H groups in total. The van der Waals surface area contributed by atoms with Crippen molar-refractivity contribution in [2.45, 2.75) is 17.7 Å². The topological polar surface area (TPSA) is 96.0 Å². The molecule has 9 heteroatoms. The first-order valence-corrected chi connectivity index (χ1v) is 11.2. The Labute approximate surface area is 182 Å². The third kappa shape index (κ3) is 5.31. The monoisotopic (exact) mass is 443 g/mol. The van der Waals surface area contributed by atoms with E-state index in [0.29, 0.717) is 30.1 Å². The zero-order valence-electron chi connectivity index (χ0n) is 17.3. The number of carbonyl (C=O) groups excluding carboxylic acids is 2. The first-order valence-electron chi connectivity index (χ1n) is 9.80. The number of ether oxygens (including phenoxy) is 1. The molecule has 2 aromatic rings. The number of hydrogen-bond acceptors (Lipinski definition) is 5. The van der Waals surface area contributed by atoms with Crippen molar-refractivity contribution < 1.29 is 22.7 Å². The van der Waals surface area contributed by atoms with Crippen LogP contribution in [-0.2, 0) is 19.6 Å². The molecule has 1 fully saturated rings. The van der Waals surface area contributed by atoms with Gasteiger partial charge in [-0.3, -0.25) is 9.59 Å². The summed E-state index contributed by atoms with van der Waals surface area (Å²) < 4.78 is 32.1. The van der Waals surface area contributed by atoms with Gasteiger partial charge in [0.15, 0.2) is 0 Å². The summed E-state index contributed by atoms with van der Waals surface area (Å²) in [7, 11) is -2.42. The maximum atomic E-state index is 13.0. The first-order chi connectivity index (χ1) is 14.8. The van der Waals surface area contributed by atoms with E-state index in [1.165, 1.54) is 25.3 Å². The Morgan fingerprint density at radius 2 is 2.00 bits per heavy atom. The maximum absolute atomic E-state index is 13.0. The number of anilines is 2. The molecular weight excluding hydrogens is 418 g/mol. The lowest BCUT2D eigenvalue weighted by molar-refractivity contribution is -0.117. The number of nitrogens with one attached hydrogen (secondary N) is 1. The lowest BCUT2D eigenvalue weighted by Gasteiger charge is -2.21. The lowest BCUT2D eigenvalue weighted by Crippen LogP contribution is -2.38. The third-order valence-corrected chi connectivity index (χ3v) is 6.69. The Balaban J connectivity index is 1.73. The van der Waals surface area contributed by atoms with Crippen LogP contribution in [0.25, 0.3) is 0 Å². The first kappa shape index (κ1) is 22.5. The Morgan fingerprint density at radius 1 is 1.26 bits per heavy atom. The van der Waals surface area contributed by atoms with Crippen LogP contribution in [0.5, 0.6) is 5.75 Å². The molecule has 0 radical (unpaired) electrons. The van der Waals surface area contributed by atoms with Gasteiger partial charge in [0.05, 0.1) is 18.6 Å². The van der Waals surface area contributed by atoms with Gasteiger partial charge in [0.25, 0.3) is 0 Å². The van der Waals surface area contributed by atoms with E-state index in [-0.39, 0.29) is 23.9 Å². The molecule has 2 aromatic carbocycles. The second-order valence-electron chi connectivity index (χ2n) is 7.01. The molecule has 2 amide bonds. The highest BCUT2D eigenvalue weighted by Gasteiger charge is 2.26. The molecule has 164 valence electrons. The van der Waals surface area contributed by atoms with Gasteiger partial charge in [-0.15, -0.1) is 6.58 Å². The summed E-state index contributed by atoms with van der Waals surface area (Å²) in [6.07, 6.45) is 2.74. The van der Waals surface area contributed by atoms with E-state index in [4.69, 9.17) is 4.74 Å². The molecule has 0 unspecified atom stereocenters. The highest BCUT2D eigenvalue weighted by molar-refractivity contribution is 7.89. The average molecular weight is 444 g/mol. The number of methoxy groups -OCH3 is 1. The molecule has 0 saturated carbocycles. The quantitative estimate of drug-likeness (QED) is 0.601. The normalized spacial score (nSPS) is 14.0. The Bertz CT molecular complexity index is 1070. The van der Waals surface area contributed by atoms with Gasteiger partial charge in [0.2, 0.25) is 21.8 Å². The van der Waals surface area contributed by atoms with E-state index in [0.717, 1.165) is 10.7 Å². The predicted molar refractivity (Wildman–Crippen MR) is 119 cm³/mol. The number of amides is 2. The van der Waals surface area contributed by atoms with Crippen molar-refractivity contribution in [2.75, 3.05) is 37.0 Å². The molecule has 1 heterocycles. The van der Waals surface area contributed by atoms with Crippen LogP contribution >= 0.6 is 0 Å². The smallest absolute Gasteiger partial charge is 0.243 e. The molecule has 1 saturated heterocycles. The predicted octanol–water partition coefficient (Wildman–Crippen LogP) is 2.64. The zero-order chi connectivity index (χ0) is 22.4.